The van der Waals surface area contributed by atoms with Crippen molar-refractivity contribution in [3.63, 3.8) is 0 Å². The van der Waals surface area contributed by atoms with Crippen molar-refractivity contribution in [2.45, 2.75) is 30.7 Å². The number of nitrogens with zero attached hydrogens (tertiary/aromatic N) is 1. The maximum atomic E-state index is 12.9. The van der Waals surface area contributed by atoms with Gasteiger partial charge in [-0.2, -0.15) is 4.72 Å². The van der Waals surface area contributed by atoms with E-state index in [0.29, 0.717) is 18.9 Å². The average Bonchev–Trinajstić information content (AvgIpc) is 2.82. The fourth-order valence-corrected chi connectivity index (χ4v) is 4.62. The van der Waals surface area contributed by atoms with Crippen molar-refractivity contribution in [3.05, 3.63) is 54.1 Å². The van der Waals surface area contributed by atoms with E-state index in [1.54, 1.807) is 24.3 Å². The molecule has 178 valence electrons. The molecule has 0 aliphatic carbocycles. The number of benzene rings is 2. The lowest BCUT2D eigenvalue weighted by molar-refractivity contribution is -0.140. The third kappa shape index (κ3) is 7.01. The molecule has 2 aromatic carbocycles. The second kappa shape index (κ2) is 11.3. The number of carbonyl (C=O) groups excluding carboxylic acids is 2. The first-order valence-electron chi connectivity index (χ1n) is 10.7. The molecule has 1 aliphatic rings. The van der Waals surface area contributed by atoms with Gasteiger partial charge in [0.1, 0.15) is 6.04 Å². The van der Waals surface area contributed by atoms with Gasteiger partial charge in [-0.25, -0.2) is 8.42 Å². The molecule has 1 heterocycles. The monoisotopic (exact) mass is 475 g/mol. The minimum Gasteiger partial charge on any atom is -0.469 e. The number of nitrogens with one attached hydrogen (secondary N) is 2. The molecule has 9 nitrogen and oxygen atoms in total. The van der Waals surface area contributed by atoms with Crippen LogP contribution in [-0.4, -0.2) is 59.7 Å². The molecule has 1 aliphatic heterocycles. The van der Waals surface area contributed by atoms with Crippen molar-refractivity contribution in [1.82, 2.24) is 4.72 Å². The summed E-state index contributed by atoms with van der Waals surface area (Å²) in [6.45, 7) is 4.77. The Hall–Kier alpha value is -2.95. The lowest BCUT2D eigenvalue weighted by Crippen LogP contribution is -2.44. The third-order valence-corrected chi connectivity index (χ3v) is 6.81. The van der Waals surface area contributed by atoms with Crippen LogP contribution >= 0.6 is 0 Å². The molecule has 3 rings (SSSR count). The van der Waals surface area contributed by atoms with Crippen molar-refractivity contribution in [2.75, 3.05) is 43.6 Å². The van der Waals surface area contributed by atoms with Gasteiger partial charge < -0.3 is 19.7 Å². The van der Waals surface area contributed by atoms with Gasteiger partial charge in [-0.05, 0) is 49.7 Å². The van der Waals surface area contributed by atoms with Crippen LogP contribution in [0.3, 0.4) is 0 Å². The maximum Gasteiger partial charge on any atom is 0.305 e. The number of anilines is 2. The highest BCUT2D eigenvalue weighted by molar-refractivity contribution is 7.89. The van der Waals surface area contributed by atoms with E-state index in [-0.39, 0.29) is 17.7 Å². The van der Waals surface area contributed by atoms with Crippen LogP contribution < -0.4 is 14.9 Å². The quantitative estimate of drug-likeness (QED) is 0.534. The average molecular weight is 476 g/mol. The molecule has 0 radical (unpaired) electrons. The van der Waals surface area contributed by atoms with E-state index in [4.69, 9.17) is 4.74 Å². The summed E-state index contributed by atoms with van der Waals surface area (Å²) in [4.78, 5) is 26.8. The molecule has 0 aromatic heterocycles. The first kappa shape index (κ1) is 24.7. The number of sulfonamides is 1. The summed E-state index contributed by atoms with van der Waals surface area (Å²) in [7, 11) is -2.73. The minimum absolute atomic E-state index is 0.0406. The molecule has 1 fully saturated rings. The molecule has 1 atom stereocenters. The molecule has 2 aromatic rings. The van der Waals surface area contributed by atoms with E-state index >= 15 is 0 Å². The van der Waals surface area contributed by atoms with Gasteiger partial charge in [0, 0.05) is 30.9 Å². The highest BCUT2D eigenvalue weighted by Gasteiger charge is 2.27. The number of esters is 1. The maximum absolute atomic E-state index is 12.9. The fraction of sp³-hybridized carbons (Fsp3) is 0.391. The first-order valence-corrected chi connectivity index (χ1v) is 12.2. The Morgan fingerprint density at radius 1 is 1.06 bits per heavy atom. The van der Waals surface area contributed by atoms with Crippen molar-refractivity contribution in [1.29, 1.82) is 0 Å². The van der Waals surface area contributed by atoms with E-state index < -0.39 is 27.9 Å². The van der Waals surface area contributed by atoms with Gasteiger partial charge in [-0.1, -0.05) is 17.7 Å². The van der Waals surface area contributed by atoms with Crippen molar-refractivity contribution in [3.8, 4) is 0 Å². The first-order chi connectivity index (χ1) is 15.8. The van der Waals surface area contributed by atoms with Crippen LogP contribution in [0.25, 0.3) is 0 Å². The van der Waals surface area contributed by atoms with Crippen LogP contribution in [0.4, 0.5) is 11.4 Å². The molecule has 10 heteroatoms. The lowest BCUT2D eigenvalue weighted by Gasteiger charge is -2.29. The number of methoxy groups -OCH3 is 1. The van der Waals surface area contributed by atoms with Gasteiger partial charge in [0.15, 0.2) is 0 Å². The van der Waals surface area contributed by atoms with Gasteiger partial charge in [-0.15, -0.1) is 0 Å². The van der Waals surface area contributed by atoms with Crippen LogP contribution in [0.15, 0.2) is 53.4 Å². The summed E-state index contributed by atoms with van der Waals surface area (Å²) in [6.07, 6.45) is -0.156. The van der Waals surface area contributed by atoms with E-state index in [0.717, 1.165) is 24.3 Å². The van der Waals surface area contributed by atoms with Crippen LogP contribution in [0.5, 0.6) is 0 Å². The molecule has 0 spiro atoms. The second-order valence-electron chi connectivity index (χ2n) is 7.74. The number of morpholine rings is 1. The number of ether oxygens (including phenoxy) is 2. The van der Waals surface area contributed by atoms with Crippen LogP contribution in [-0.2, 0) is 29.1 Å². The SMILES string of the molecule is COC(=O)CC[C@H](NS(=O)(=O)c1ccc(C)cc1)C(=O)Nc1ccc(N2CCOCC2)cc1. The smallest absolute Gasteiger partial charge is 0.305 e. The van der Waals surface area contributed by atoms with Gasteiger partial charge in [0.25, 0.3) is 0 Å². The van der Waals surface area contributed by atoms with Crippen LogP contribution in [0.1, 0.15) is 18.4 Å². The Kier molecular flexibility index (Phi) is 8.43. The molecular weight excluding hydrogens is 446 g/mol. The highest BCUT2D eigenvalue weighted by atomic mass is 32.2. The molecule has 33 heavy (non-hydrogen) atoms. The van der Waals surface area contributed by atoms with Crippen LogP contribution in [0.2, 0.25) is 0 Å². The predicted octanol–water partition coefficient (Wildman–Crippen LogP) is 2.07. The zero-order valence-corrected chi connectivity index (χ0v) is 19.6. The molecule has 1 amide bonds. The third-order valence-electron chi connectivity index (χ3n) is 5.32. The van der Waals surface area contributed by atoms with Gasteiger partial charge in [0.05, 0.1) is 25.2 Å². The van der Waals surface area contributed by atoms with E-state index in [2.05, 4.69) is 19.7 Å². The molecule has 2 N–H and O–H groups in total. The molecule has 1 saturated heterocycles. The number of carbonyl (C=O) groups is 2. The number of aryl methyl sites for hydroxylation is 1. The lowest BCUT2D eigenvalue weighted by atomic mass is 10.1. The molecule has 0 bridgehead atoms. The normalized spacial score (nSPS) is 15.0. The molecule has 0 unspecified atom stereocenters. The summed E-state index contributed by atoms with van der Waals surface area (Å²) in [5.41, 5.74) is 2.45. The summed E-state index contributed by atoms with van der Waals surface area (Å²) >= 11 is 0. The standard InChI is InChI=1S/C23H29N3O6S/c1-17-3-9-20(10-4-17)33(29,30)25-21(11-12-22(27)31-2)23(28)24-18-5-7-19(8-6-18)26-13-15-32-16-14-26/h3-10,21,25H,11-16H2,1-2H3,(H,24,28)/t21-/m0/s1. The summed E-state index contributed by atoms with van der Waals surface area (Å²) < 4.78 is 38.1. The number of amides is 1. The van der Waals surface area contributed by atoms with Crippen molar-refractivity contribution in [2.24, 2.45) is 0 Å². The van der Waals surface area contributed by atoms with E-state index in [1.807, 2.05) is 19.1 Å². The Morgan fingerprint density at radius 3 is 2.30 bits per heavy atom. The predicted molar refractivity (Wildman–Crippen MR) is 125 cm³/mol. The summed E-state index contributed by atoms with van der Waals surface area (Å²) in [5, 5.41) is 2.74. The Labute approximate surface area is 194 Å². The summed E-state index contributed by atoms with van der Waals surface area (Å²) in [5.74, 6) is -1.09. The number of hydrogen-bond donors (Lipinski definition) is 2. The molecular formula is C23H29N3O6S. The van der Waals surface area contributed by atoms with E-state index in [9.17, 15) is 18.0 Å². The highest BCUT2D eigenvalue weighted by Crippen LogP contribution is 2.20. The van der Waals surface area contributed by atoms with Gasteiger partial charge >= 0.3 is 5.97 Å². The van der Waals surface area contributed by atoms with E-state index in [1.165, 1.54) is 19.2 Å². The Morgan fingerprint density at radius 2 is 1.70 bits per heavy atom. The van der Waals surface area contributed by atoms with Crippen molar-refractivity contribution < 1.29 is 27.5 Å². The zero-order chi connectivity index (χ0) is 23.8. The minimum atomic E-state index is -3.97. The van der Waals surface area contributed by atoms with Crippen LogP contribution in [0, 0.1) is 6.92 Å². The Bertz CT molecular complexity index is 1050. The number of rotatable bonds is 9. The largest absolute Gasteiger partial charge is 0.469 e. The topological polar surface area (TPSA) is 114 Å². The second-order valence-corrected chi connectivity index (χ2v) is 9.45. The van der Waals surface area contributed by atoms with Gasteiger partial charge in [-0.3, -0.25) is 9.59 Å². The van der Waals surface area contributed by atoms with Gasteiger partial charge in [0.2, 0.25) is 15.9 Å². The Balaban J connectivity index is 1.71. The fourth-order valence-electron chi connectivity index (χ4n) is 3.39. The van der Waals surface area contributed by atoms with Crippen molar-refractivity contribution >= 4 is 33.3 Å². The summed E-state index contributed by atoms with van der Waals surface area (Å²) in [6, 6.07) is 12.4. The molecule has 0 saturated carbocycles. The zero-order valence-electron chi connectivity index (χ0n) is 18.7. The number of hydrogen-bond acceptors (Lipinski definition) is 7.